The minimum Gasteiger partial charge on any atom is -0.300 e. The molecule has 2 heteroatoms. The molecule has 0 N–H and O–H groups in total. The van der Waals surface area contributed by atoms with Crippen molar-refractivity contribution in [3.63, 3.8) is 0 Å². The van der Waals surface area contributed by atoms with Gasteiger partial charge in [-0.3, -0.25) is 9.59 Å². The molecule has 12 heavy (non-hydrogen) atoms. The predicted molar refractivity (Wildman–Crippen MR) is 49.0 cm³/mol. The van der Waals surface area contributed by atoms with Crippen LogP contribution in [-0.2, 0) is 9.59 Å². The lowest BCUT2D eigenvalue weighted by Gasteiger charge is -2.07. The van der Waals surface area contributed by atoms with Gasteiger partial charge in [-0.15, -0.1) is 0 Å². The lowest BCUT2D eigenvalue weighted by atomic mass is 9.98. The minimum absolute atomic E-state index is 0.0244. The fraction of sp³-hybridized carbons (Fsp3) is 0.800. The highest BCUT2D eigenvalue weighted by Crippen LogP contribution is 2.11. The molecular formula is C10H18O2. The Hall–Kier alpha value is -0.660. The molecule has 0 aliphatic carbocycles. The highest BCUT2D eigenvalue weighted by Gasteiger charge is 2.09. The fourth-order valence-corrected chi connectivity index (χ4v) is 1.33. The van der Waals surface area contributed by atoms with Crippen molar-refractivity contribution in [2.45, 2.75) is 46.5 Å². The van der Waals surface area contributed by atoms with E-state index in [1.807, 2.05) is 0 Å². The zero-order chi connectivity index (χ0) is 9.56. The van der Waals surface area contributed by atoms with Crippen molar-refractivity contribution in [3.8, 4) is 0 Å². The van der Waals surface area contributed by atoms with Gasteiger partial charge in [-0.1, -0.05) is 26.7 Å². The first-order valence-corrected chi connectivity index (χ1v) is 4.57. The number of hydrogen-bond acceptors (Lipinski definition) is 2. The fourth-order valence-electron chi connectivity index (χ4n) is 1.33. The van der Waals surface area contributed by atoms with Gasteiger partial charge in [0, 0.05) is 6.42 Å². The van der Waals surface area contributed by atoms with E-state index >= 15 is 0 Å². The molecule has 0 amide bonds. The molecule has 0 spiro atoms. The van der Waals surface area contributed by atoms with E-state index in [1.54, 1.807) is 0 Å². The maximum Gasteiger partial charge on any atom is 0.140 e. The predicted octanol–water partition coefficient (Wildman–Crippen LogP) is 2.36. The van der Waals surface area contributed by atoms with Crippen LogP contribution in [0.2, 0.25) is 0 Å². The van der Waals surface area contributed by atoms with Crippen LogP contribution in [0.3, 0.4) is 0 Å². The van der Waals surface area contributed by atoms with Crippen LogP contribution in [0.4, 0.5) is 0 Å². The molecule has 0 saturated heterocycles. The molecule has 0 fully saturated rings. The number of rotatable bonds is 6. The van der Waals surface area contributed by atoms with Crippen LogP contribution in [0.15, 0.2) is 0 Å². The summed E-state index contributed by atoms with van der Waals surface area (Å²) in [5.74, 6) is 0.494. The first kappa shape index (κ1) is 11.3. The largest absolute Gasteiger partial charge is 0.300 e. The molecule has 0 rings (SSSR count). The minimum atomic E-state index is -0.0244. The van der Waals surface area contributed by atoms with E-state index in [0.717, 1.165) is 12.8 Å². The molecule has 0 heterocycles. The van der Waals surface area contributed by atoms with Crippen LogP contribution < -0.4 is 0 Å². The Morgan fingerprint density at radius 3 is 2.33 bits per heavy atom. The van der Waals surface area contributed by atoms with Gasteiger partial charge < -0.3 is 0 Å². The third-order valence-corrected chi connectivity index (χ3v) is 1.80. The van der Waals surface area contributed by atoms with E-state index in [-0.39, 0.29) is 18.0 Å². The van der Waals surface area contributed by atoms with Gasteiger partial charge in [0.25, 0.3) is 0 Å². The van der Waals surface area contributed by atoms with Gasteiger partial charge in [-0.25, -0.2) is 0 Å². The standard InChI is InChI=1S/C10H18O2/c1-4-5-8(2)6-10(12)7-9(3)11/h8H,4-7H2,1-3H3/t8-/m1/s1. The van der Waals surface area contributed by atoms with Crippen LogP contribution in [0, 0.1) is 5.92 Å². The van der Waals surface area contributed by atoms with Crippen molar-refractivity contribution >= 4 is 11.6 Å². The van der Waals surface area contributed by atoms with Crippen LogP contribution in [0.1, 0.15) is 46.5 Å². The molecule has 0 unspecified atom stereocenters. The Kier molecular flexibility index (Phi) is 5.60. The maximum absolute atomic E-state index is 11.1. The molecule has 0 aliphatic rings. The van der Waals surface area contributed by atoms with E-state index in [9.17, 15) is 9.59 Å². The SMILES string of the molecule is CCC[C@@H](C)CC(=O)CC(C)=O. The van der Waals surface area contributed by atoms with Crippen molar-refractivity contribution in [2.24, 2.45) is 5.92 Å². The second kappa shape index (κ2) is 5.92. The number of ketones is 2. The highest BCUT2D eigenvalue weighted by atomic mass is 16.1. The van der Waals surface area contributed by atoms with Crippen molar-refractivity contribution in [2.75, 3.05) is 0 Å². The Morgan fingerprint density at radius 2 is 1.92 bits per heavy atom. The van der Waals surface area contributed by atoms with Gasteiger partial charge in [0.05, 0.1) is 6.42 Å². The molecule has 2 nitrogen and oxygen atoms in total. The summed E-state index contributed by atoms with van der Waals surface area (Å²) in [5.41, 5.74) is 0. The average molecular weight is 170 g/mol. The summed E-state index contributed by atoms with van der Waals surface area (Å²) >= 11 is 0. The van der Waals surface area contributed by atoms with Crippen LogP contribution in [0.25, 0.3) is 0 Å². The van der Waals surface area contributed by atoms with E-state index in [0.29, 0.717) is 12.3 Å². The Balaban J connectivity index is 3.61. The molecule has 0 bridgehead atoms. The van der Waals surface area contributed by atoms with Crippen molar-refractivity contribution in [3.05, 3.63) is 0 Å². The summed E-state index contributed by atoms with van der Waals surface area (Å²) in [5, 5.41) is 0. The van der Waals surface area contributed by atoms with Crippen molar-refractivity contribution in [1.82, 2.24) is 0 Å². The average Bonchev–Trinajstić information content (AvgIpc) is 1.84. The molecule has 0 saturated carbocycles. The zero-order valence-corrected chi connectivity index (χ0v) is 8.22. The van der Waals surface area contributed by atoms with E-state index in [1.165, 1.54) is 6.92 Å². The van der Waals surface area contributed by atoms with Gasteiger partial charge in [-0.2, -0.15) is 0 Å². The molecular weight excluding hydrogens is 152 g/mol. The van der Waals surface area contributed by atoms with Gasteiger partial charge in [0.1, 0.15) is 11.6 Å². The quantitative estimate of drug-likeness (QED) is 0.573. The molecule has 0 aromatic heterocycles. The number of hydrogen-bond donors (Lipinski definition) is 0. The van der Waals surface area contributed by atoms with Crippen LogP contribution >= 0.6 is 0 Å². The highest BCUT2D eigenvalue weighted by molar-refractivity contribution is 5.97. The van der Waals surface area contributed by atoms with E-state index in [4.69, 9.17) is 0 Å². The topological polar surface area (TPSA) is 34.1 Å². The lowest BCUT2D eigenvalue weighted by Crippen LogP contribution is -2.08. The van der Waals surface area contributed by atoms with Crippen molar-refractivity contribution in [1.29, 1.82) is 0 Å². The number of Topliss-reactive ketones (excluding diaryl/α,β-unsaturated/α-hetero) is 2. The normalized spacial score (nSPS) is 12.6. The van der Waals surface area contributed by atoms with Crippen LogP contribution in [0.5, 0.6) is 0 Å². The van der Waals surface area contributed by atoms with Gasteiger partial charge in [-0.05, 0) is 12.8 Å². The first-order valence-electron chi connectivity index (χ1n) is 4.57. The second-order valence-electron chi connectivity index (χ2n) is 3.52. The Morgan fingerprint density at radius 1 is 1.33 bits per heavy atom. The first-order chi connectivity index (χ1) is 5.56. The van der Waals surface area contributed by atoms with Gasteiger partial charge in [0.2, 0.25) is 0 Å². The molecule has 70 valence electrons. The smallest absolute Gasteiger partial charge is 0.140 e. The summed E-state index contributed by atoms with van der Waals surface area (Å²) in [7, 11) is 0. The zero-order valence-electron chi connectivity index (χ0n) is 8.22. The van der Waals surface area contributed by atoms with E-state index < -0.39 is 0 Å². The molecule has 1 atom stereocenters. The Bertz CT molecular complexity index is 161. The summed E-state index contributed by atoms with van der Waals surface area (Å²) in [6, 6.07) is 0. The summed E-state index contributed by atoms with van der Waals surface area (Å²) in [4.78, 5) is 21.7. The maximum atomic E-state index is 11.1. The summed E-state index contributed by atoms with van der Waals surface area (Å²) < 4.78 is 0. The molecule has 0 aliphatic heterocycles. The monoisotopic (exact) mass is 170 g/mol. The molecule has 0 radical (unpaired) electrons. The van der Waals surface area contributed by atoms with Gasteiger partial charge >= 0.3 is 0 Å². The summed E-state index contributed by atoms with van der Waals surface area (Å²) in [6.45, 7) is 5.62. The lowest BCUT2D eigenvalue weighted by molar-refractivity contribution is -0.126. The van der Waals surface area contributed by atoms with Crippen molar-refractivity contribution < 1.29 is 9.59 Å². The summed E-state index contributed by atoms with van der Waals surface area (Å²) in [6.07, 6.45) is 2.86. The Labute approximate surface area is 74.3 Å². The second-order valence-corrected chi connectivity index (χ2v) is 3.52. The molecule has 0 aromatic rings. The van der Waals surface area contributed by atoms with Gasteiger partial charge in [0.15, 0.2) is 0 Å². The molecule has 0 aromatic carbocycles. The number of carbonyl (C=O) groups excluding carboxylic acids is 2. The van der Waals surface area contributed by atoms with Crippen LogP contribution in [-0.4, -0.2) is 11.6 Å². The third-order valence-electron chi connectivity index (χ3n) is 1.80. The van der Waals surface area contributed by atoms with E-state index in [2.05, 4.69) is 13.8 Å². The number of carbonyl (C=O) groups is 2. The third kappa shape index (κ3) is 6.08.